The second-order valence-electron chi connectivity index (χ2n) is 2.60. The van der Waals surface area contributed by atoms with E-state index in [1.807, 2.05) is 0 Å². The summed E-state index contributed by atoms with van der Waals surface area (Å²) in [6.45, 7) is 0. The van der Waals surface area contributed by atoms with E-state index in [0.29, 0.717) is 6.20 Å². The van der Waals surface area contributed by atoms with Crippen LogP contribution in [0, 0.1) is 0 Å². The molecule has 0 fully saturated rings. The molecule has 0 atom stereocenters. The SMILES string of the molecule is FC(F)(F)c1cnc2ncccc2n1. The van der Waals surface area contributed by atoms with E-state index in [1.165, 1.54) is 18.3 Å². The molecule has 0 bridgehead atoms. The molecule has 0 unspecified atom stereocenters. The maximum atomic E-state index is 12.2. The van der Waals surface area contributed by atoms with Crippen molar-refractivity contribution in [2.75, 3.05) is 0 Å². The first kappa shape index (κ1) is 8.86. The lowest BCUT2D eigenvalue weighted by Crippen LogP contribution is -2.08. The molecule has 0 radical (unpaired) electrons. The molecule has 0 saturated heterocycles. The van der Waals surface area contributed by atoms with Gasteiger partial charge in [0.05, 0.1) is 6.20 Å². The van der Waals surface area contributed by atoms with Crippen molar-refractivity contribution in [2.24, 2.45) is 0 Å². The Morgan fingerprint density at radius 1 is 1.14 bits per heavy atom. The van der Waals surface area contributed by atoms with Crippen LogP contribution in [0.3, 0.4) is 0 Å². The van der Waals surface area contributed by atoms with E-state index in [0.717, 1.165) is 0 Å². The Hall–Kier alpha value is -1.72. The molecule has 0 aliphatic rings. The van der Waals surface area contributed by atoms with Gasteiger partial charge in [-0.05, 0) is 12.1 Å². The minimum atomic E-state index is -4.46. The molecule has 2 aromatic heterocycles. The highest BCUT2D eigenvalue weighted by molar-refractivity contribution is 5.68. The number of hydrogen-bond donors (Lipinski definition) is 0. The van der Waals surface area contributed by atoms with Crippen LogP contribution < -0.4 is 0 Å². The number of halogens is 3. The molecule has 0 aromatic carbocycles. The van der Waals surface area contributed by atoms with Gasteiger partial charge < -0.3 is 0 Å². The fourth-order valence-corrected chi connectivity index (χ4v) is 0.993. The van der Waals surface area contributed by atoms with Crippen LogP contribution in [0.5, 0.6) is 0 Å². The van der Waals surface area contributed by atoms with Gasteiger partial charge in [0.25, 0.3) is 0 Å². The number of aromatic nitrogens is 3. The Bertz CT molecular complexity index is 467. The van der Waals surface area contributed by atoms with Crippen molar-refractivity contribution in [2.45, 2.75) is 6.18 Å². The normalized spacial score (nSPS) is 11.9. The van der Waals surface area contributed by atoms with Crippen LogP contribution in [0.25, 0.3) is 11.2 Å². The molecule has 0 N–H and O–H groups in total. The van der Waals surface area contributed by atoms with Crippen LogP contribution in [0.2, 0.25) is 0 Å². The monoisotopic (exact) mass is 199 g/mol. The Balaban J connectivity index is 2.63. The molecule has 0 saturated carbocycles. The zero-order valence-corrected chi connectivity index (χ0v) is 6.78. The van der Waals surface area contributed by atoms with Crippen molar-refractivity contribution in [3.63, 3.8) is 0 Å². The highest BCUT2D eigenvalue weighted by Crippen LogP contribution is 2.27. The summed E-state index contributed by atoms with van der Waals surface area (Å²) in [6.07, 6.45) is -2.34. The standard InChI is InChI=1S/C8H4F3N3/c9-8(10,11)6-4-13-7-5(14-6)2-1-3-12-7/h1-4H. The van der Waals surface area contributed by atoms with Crippen molar-refractivity contribution in [1.82, 2.24) is 15.0 Å². The lowest BCUT2D eigenvalue weighted by Gasteiger charge is -2.04. The summed E-state index contributed by atoms with van der Waals surface area (Å²) < 4.78 is 36.6. The minimum absolute atomic E-state index is 0.141. The Morgan fingerprint density at radius 2 is 1.93 bits per heavy atom. The molecule has 0 amide bonds. The largest absolute Gasteiger partial charge is 0.434 e. The van der Waals surface area contributed by atoms with Gasteiger partial charge in [0, 0.05) is 6.20 Å². The second kappa shape index (κ2) is 2.90. The lowest BCUT2D eigenvalue weighted by molar-refractivity contribution is -0.141. The minimum Gasteiger partial charge on any atom is -0.238 e. The molecular weight excluding hydrogens is 195 g/mol. The van der Waals surface area contributed by atoms with E-state index >= 15 is 0 Å². The number of alkyl halides is 3. The van der Waals surface area contributed by atoms with Gasteiger partial charge in [-0.25, -0.2) is 15.0 Å². The quantitative estimate of drug-likeness (QED) is 0.651. The Labute approximate surface area is 76.6 Å². The molecule has 72 valence electrons. The predicted octanol–water partition coefficient (Wildman–Crippen LogP) is 2.04. The molecule has 2 aromatic rings. The molecule has 0 spiro atoms. The number of hydrogen-bond acceptors (Lipinski definition) is 3. The zero-order chi connectivity index (χ0) is 10.2. The number of nitrogens with zero attached hydrogens (tertiary/aromatic N) is 3. The first-order chi connectivity index (χ1) is 6.57. The Morgan fingerprint density at radius 3 is 2.64 bits per heavy atom. The van der Waals surface area contributed by atoms with Gasteiger partial charge in [-0.15, -0.1) is 0 Å². The van der Waals surface area contributed by atoms with Crippen LogP contribution in [0.4, 0.5) is 13.2 Å². The van der Waals surface area contributed by atoms with Crippen molar-refractivity contribution >= 4 is 11.2 Å². The second-order valence-corrected chi connectivity index (χ2v) is 2.60. The lowest BCUT2D eigenvalue weighted by atomic mass is 10.4. The molecule has 2 heterocycles. The summed E-state index contributed by atoms with van der Waals surface area (Å²) >= 11 is 0. The van der Waals surface area contributed by atoms with Crippen molar-refractivity contribution in [3.05, 3.63) is 30.2 Å². The van der Waals surface area contributed by atoms with Crippen molar-refractivity contribution in [1.29, 1.82) is 0 Å². The third-order valence-corrected chi connectivity index (χ3v) is 1.61. The number of rotatable bonds is 0. The van der Waals surface area contributed by atoms with Crippen molar-refractivity contribution in [3.8, 4) is 0 Å². The maximum absolute atomic E-state index is 12.2. The van der Waals surface area contributed by atoms with Crippen LogP contribution in [-0.4, -0.2) is 15.0 Å². The zero-order valence-electron chi connectivity index (χ0n) is 6.78. The van der Waals surface area contributed by atoms with E-state index in [4.69, 9.17) is 0 Å². The number of pyridine rings is 1. The summed E-state index contributed by atoms with van der Waals surface area (Å²) in [7, 11) is 0. The molecular formula is C8H4F3N3. The van der Waals surface area contributed by atoms with Gasteiger partial charge in [0.1, 0.15) is 5.52 Å². The van der Waals surface area contributed by atoms with Gasteiger partial charge in [-0.2, -0.15) is 13.2 Å². The third-order valence-electron chi connectivity index (χ3n) is 1.61. The van der Waals surface area contributed by atoms with E-state index in [2.05, 4.69) is 15.0 Å². The van der Waals surface area contributed by atoms with Crippen LogP contribution in [0.15, 0.2) is 24.5 Å². The first-order valence-corrected chi connectivity index (χ1v) is 3.72. The fourth-order valence-electron chi connectivity index (χ4n) is 0.993. The summed E-state index contributed by atoms with van der Waals surface area (Å²) in [5.74, 6) is 0. The summed E-state index contributed by atoms with van der Waals surface area (Å²) in [4.78, 5) is 10.7. The highest BCUT2D eigenvalue weighted by Gasteiger charge is 2.33. The third kappa shape index (κ3) is 1.50. The highest BCUT2D eigenvalue weighted by atomic mass is 19.4. The van der Waals surface area contributed by atoms with Gasteiger partial charge in [-0.1, -0.05) is 0 Å². The van der Waals surface area contributed by atoms with Gasteiger partial charge in [-0.3, -0.25) is 0 Å². The van der Waals surface area contributed by atoms with Gasteiger partial charge in [0.15, 0.2) is 11.3 Å². The smallest absolute Gasteiger partial charge is 0.238 e. The van der Waals surface area contributed by atoms with E-state index in [1.54, 1.807) is 0 Å². The van der Waals surface area contributed by atoms with Crippen molar-refractivity contribution < 1.29 is 13.2 Å². The molecule has 0 aliphatic heterocycles. The van der Waals surface area contributed by atoms with E-state index in [-0.39, 0.29) is 11.2 Å². The van der Waals surface area contributed by atoms with E-state index in [9.17, 15) is 13.2 Å². The fraction of sp³-hybridized carbons (Fsp3) is 0.125. The molecule has 3 nitrogen and oxygen atoms in total. The Kier molecular flexibility index (Phi) is 1.83. The summed E-state index contributed by atoms with van der Waals surface area (Å²) in [6, 6.07) is 2.95. The molecule has 2 rings (SSSR count). The van der Waals surface area contributed by atoms with Crippen LogP contribution in [0.1, 0.15) is 5.69 Å². The predicted molar refractivity (Wildman–Crippen MR) is 42.3 cm³/mol. The van der Waals surface area contributed by atoms with Gasteiger partial charge >= 0.3 is 6.18 Å². The number of fused-ring (bicyclic) bond motifs is 1. The van der Waals surface area contributed by atoms with Crippen LogP contribution in [-0.2, 0) is 6.18 Å². The summed E-state index contributed by atoms with van der Waals surface area (Å²) in [5, 5.41) is 0. The van der Waals surface area contributed by atoms with Gasteiger partial charge in [0.2, 0.25) is 0 Å². The first-order valence-electron chi connectivity index (χ1n) is 3.72. The molecule has 6 heteroatoms. The van der Waals surface area contributed by atoms with E-state index < -0.39 is 11.9 Å². The maximum Gasteiger partial charge on any atom is 0.434 e. The average molecular weight is 199 g/mol. The topological polar surface area (TPSA) is 38.7 Å². The molecule has 14 heavy (non-hydrogen) atoms. The van der Waals surface area contributed by atoms with Crippen LogP contribution >= 0.6 is 0 Å². The average Bonchev–Trinajstić information content (AvgIpc) is 2.16. The summed E-state index contributed by atoms with van der Waals surface area (Å²) in [5.41, 5.74) is -0.652. The molecule has 0 aliphatic carbocycles.